The van der Waals surface area contributed by atoms with Crippen molar-refractivity contribution in [2.45, 2.75) is 24.7 Å². The van der Waals surface area contributed by atoms with Crippen molar-refractivity contribution in [3.8, 4) is 0 Å². The van der Waals surface area contributed by atoms with Gasteiger partial charge in [0.1, 0.15) is 5.82 Å². The smallest absolute Gasteiger partial charge is 0.228 e. The van der Waals surface area contributed by atoms with E-state index in [0.717, 1.165) is 30.6 Å². The third kappa shape index (κ3) is 2.80. The van der Waals surface area contributed by atoms with Gasteiger partial charge in [0.25, 0.3) is 0 Å². The lowest BCUT2D eigenvalue weighted by atomic mass is 9.68. The minimum absolute atomic E-state index is 0.135. The van der Waals surface area contributed by atoms with Crippen LogP contribution in [-0.4, -0.2) is 10.9 Å². The molecule has 134 valence electrons. The highest BCUT2D eigenvalue weighted by Crippen LogP contribution is 2.43. The molecule has 0 unspecified atom stereocenters. The topological polar surface area (TPSA) is 44.9 Å². The third-order valence-corrected chi connectivity index (χ3v) is 5.78. The van der Waals surface area contributed by atoms with Crippen molar-refractivity contribution >= 4 is 17.8 Å². The SMILES string of the molecule is O=C(Nc1[nH]cc2c1C=CC(c1ccccc1)(c1ccccc1)C2)C1CC1. The molecule has 0 spiro atoms. The fraction of sp³-hybridized carbons (Fsp3) is 0.208. The summed E-state index contributed by atoms with van der Waals surface area (Å²) in [6, 6.07) is 21.3. The molecule has 1 fully saturated rings. The van der Waals surface area contributed by atoms with Gasteiger partial charge < -0.3 is 10.3 Å². The molecule has 1 amide bonds. The summed E-state index contributed by atoms with van der Waals surface area (Å²) in [4.78, 5) is 15.5. The summed E-state index contributed by atoms with van der Waals surface area (Å²) < 4.78 is 0. The maximum Gasteiger partial charge on any atom is 0.228 e. The molecule has 0 atom stereocenters. The van der Waals surface area contributed by atoms with Gasteiger partial charge >= 0.3 is 0 Å². The van der Waals surface area contributed by atoms with Crippen LogP contribution < -0.4 is 5.32 Å². The van der Waals surface area contributed by atoms with E-state index in [9.17, 15) is 4.79 Å². The summed E-state index contributed by atoms with van der Waals surface area (Å²) in [6.07, 6.45) is 9.38. The number of benzene rings is 2. The number of nitrogens with one attached hydrogen (secondary N) is 2. The lowest BCUT2D eigenvalue weighted by Crippen LogP contribution is -2.30. The van der Waals surface area contributed by atoms with Crippen LogP contribution >= 0.6 is 0 Å². The molecule has 27 heavy (non-hydrogen) atoms. The molecule has 3 aromatic rings. The van der Waals surface area contributed by atoms with Crippen LogP contribution in [0.15, 0.2) is 72.9 Å². The number of H-pyrrole nitrogens is 1. The lowest BCUT2D eigenvalue weighted by molar-refractivity contribution is -0.117. The molecular weight excluding hydrogens is 332 g/mol. The van der Waals surface area contributed by atoms with Gasteiger partial charge in [0.15, 0.2) is 0 Å². The van der Waals surface area contributed by atoms with Crippen molar-refractivity contribution in [1.82, 2.24) is 4.98 Å². The van der Waals surface area contributed by atoms with Crippen molar-refractivity contribution in [1.29, 1.82) is 0 Å². The van der Waals surface area contributed by atoms with E-state index in [2.05, 4.69) is 83.1 Å². The zero-order valence-electron chi connectivity index (χ0n) is 15.1. The van der Waals surface area contributed by atoms with Gasteiger partial charge in [-0.2, -0.15) is 0 Å². The van der Waals surface area contributed by atoms with Crippen LogP contribution in [0.1, 0.15) is 35.1 Å². The second kappa shape index (κ2) is 6.27. The molecule has 2 N–H and O–H groups in total. The number of amides is 1. The van der Waals surface area contributed by atoms with Gasteiger partial charge in [0.05, 0.1) is 0 Å². The molecule has 0 radical (unpaired) electrons. The van der Waals surface area contributed by atoms with E-state index in [1.54, 1.807) is 0 Å². The number of aromatic amines is 1. The van der Waals surface area contributed by atoms with Gasteiger partial charge in [-0.3, -0.25) is 4.79 Å². The van der Waals surface area contributed by atoms with Gasteiger partial charge in [0.2, 0.25) is 5.91 Å². The summed E-state index contributed by atoms with van der Waals surface area (Å²) in [5.74, 6) is 1.16. The van der Waals surface area contributed by atoms with E-state index in [1.807, 2.05) is 6.20 Å². The number of aromatic nitrogens is 1. The summed E-state index contributed by atoms with van der Waals surface area (Å²) >= 11 is 0. The Labute approximate surface area is 159 Å². The van der Waals surface area contributed by atoms with Crippen molar-refractivity contribution in [2.24, 2.45) is 5.92 Å². The normalized spacial score (nSPS) is 17.3. The minimum atomic E-state index is -0.199. The predicted molar refractivity (Wildman–Crippen MR) is 109 cm³/mol. The largest absolute Gasteiger partial charge is 0.347 e. The molecule has 1 aromatic heterocycles. The number of anilines is 1. The molecule has 3 nitrogen and oxygen atoms in total. The molecule has 2 aromatic carbocycles. The Morgan fingerprint density at radius 1 is 0.963 bits per heavy atom. The van der Waals surface area contributed by atoms with E-state index in [4.69, 9.17) is 0 Å². The average molecular weight is 354 g/mol. The van der Waals surface area contributed by atoms with Crippen LogP contribution in [0.4, 0.5) is 5.82 Å². The standard InChI is InChI=1S/C24H22N2O/c27-23(17-11-12-17)26-22-21-13-14-24(15-18(21)16-25-22,19-7-3-1-4-8-19)20-9-5-2-6-10-20/h1-10,13-14,16-17,25H,11-12,15H2,(H,26,27). The number of carbonyl (C=O) groups excluding carboxylic acids is 1. The van der Waals surface area contributed by atoms with E-state index in [0.29, 0.717) is 0 Å². The van der Waals surface area contributed by atoms with Crippen LogP contribution in [0, 0.1) is 5.92 Å². The summed E-state index contributed by atoms with van der Waals surface area (Å²) in [5.41, 5.74) is 4.70. The molecule has 1 heterocycles. The van der Waals surface area contributed by atoms with Crippen LogP contribution in [0.5, 0.6) is 0 Å². The maximum absolute atomic E-state index is 12.2. The summed E-state index contributed by atoms with van der Waals surface area (Å²) in [6.45, 7) is 0. The fourth-order valence-electron chi connectivity index (χ4n) is 4.11. The highest BCUT2D eigenvalue weighted by Gasteiger charge is 2.36. The van der Waals surface area contributed by atoms with Crippen LogP contribution in [0.25, 0.3) is 6.08 Å². The first-order valence-electron chi connectivity index (χ1n) is 9.58. The minimum Gasteiger partial charge on any atom is -0.347 e. The van der Waals surface area contributed by atoms with E-state index in [-0.39, 0.29) is 17.2 Å². The van der Waals surface area contributed by atoms with Crippen molar-refractivity contribution in [3.05, 3.63) is 95.2 Å². The number of hydrogen-bond acceptors (Lipinski definition) is 1. The summed E-state index contributed by atoms with van der Waals surface area (Å²) in [5, 5.41) is 3.07. The van der Waals surface area contributed by atoms with E-state index < -0.39 is 0 Å². The molecule has 2 aliphatic carbocycles. The highest BCUT2D eigenvalue weighted by atomic mass is 16.2. The zero-order chi connectivity index (χ0) is 18.3. The van der Waals surface area contributed by atoms with Gasteiger partial charge in [-0.05, 0) is 36.0 Å². The van der Waals surface area contributed by atoms with Crippen LogP contribution in [-0.2, 0) is 16.6 Å². The lowest BCUT2D eigenvalue weighted by Gasteiger charge is -2.35. The van der Waals surface area contributed by atoms with Crippen LogP contribution in [0.2, 0.25) is 0 Å². The quantitative estimate of drug-likeness (QED) is 0.686. The molecule has 2 aliphatic rings. The van der Waals surface area contributed by atoms with Gasteiger partial charge in [-0.15, -0.1) is 0 Å². The molecule has 0 saturated heterocycles. The Morgan fingerprint density at radius 3 is 2.19 bits per heavy atom. The van der Waals surface area contributed by atoms with Crippen molar-refractivity contribution in [2.75, 3.05) is 5.32 Å². The Hall–Kier alpha value is -3.07. The average Bonchev–Trinajstić information content (AvgIpc) is 3.52. The molecular formula is C24H22N2O. The summed E-state index contributed by atoms with van der Waals surface area (Å²) in [7, 11) is 0. The number of carbonyl (C=O) groups is 1. The van der Waals surface area contributed by atoms with Gasteiger partial charge in [0, 0.05) is 23.1 Å². The number of allylic oxidation sites excluding steroid dienone is 1. The third-order valence-electron chi connectivity index (χ3n) is 5.78. The predicted octanol–water partition coefficient (Wildman–Crippen LogP) is 4.92. The Morgan fingerprint density at radius 2 is 1.59 bits per heavy atom. The number of rotatable bonds is 4. The van der Waals surface area contributed by atoms with Gasteiger partial charge in [-0.25, -0.2) is 0 Å². The second-order valence-electron chi connectivity index (χ2n) is 7.58. The first-order chi connectivity index (χ1) is 13.3. The second-order valence-corrected chi connectivity index (χ2v) is 7.58. The number of fused-ring (bicyclic) bond motifs is 1. The Bertz CT molecular complexity index is 958. The van der Waals surface area contributed by atoms with Crippen LogP contribution in [0.3, 0.4) is 0 Å². The monoisotopic (exact) mass is 354 g/mol. The van der Waals surface area contributed by atoms with Gasteiger partial charge in [-0.1, -0.05) is 72.8 Å². The molecule has 1 saturated carbocycles. The molecule has 3 heteroatoms. The Kier molecular flexibility index (Phi) is 3.75. The first kappa shape index (κ1) is 16.1. The number of hydrogen-bond donors (Lipinski definition) is 2. The van der Waals surface area contributed by atoms with Crippen molar-refractivity contribution in [3.63, 3.8) is 0 Å². The van der Waals surface area contributed by atoms with E-state index in [1.165, 1.54) is 16.7 Å². The maximum atomic E-state index is 12.2. The molecule has 0 bridgehead atoms. The molecule has 0 aliphatic heterocycles. The van der Waals surface area contributed by atoms with E-state index >= 15 is 0 Å². The first-order valence-corrected chi connectivity index (χ1v) is 9.58. The Balaban J connectivity index is 1.56. The fourth-order valence-corrected chi connectivity index (χ4v) is 4.11. The zero-order valence-corrected chi connectivity index (χ0v) is 15.1. The molecule has 5 rings (SSSR count). The van der Waals surface area contributed by atoms with Crippen molar-refractivity contribution < 1.29 is 4.79 Å². The highest BCUT2D eigenvalue weighted by molar-refractivity contribution is 5.95.